The first-order chi connectivity index (χ1) is 12.4. The average molecular weight is 359 g/mol. The lowest BCUT2D eigenvalue weighted by Gasteiger charge is -2.23. The Bertz CT molecular complexity index is 740. The van der Waals surface area contributed by atoms with Gasteiger partial charge in [-0.1, -0.05) is 25.2 Å². The van der Waals surface area contributed by atoms with Gasteiger partial charge in [0.2, 0.25) is 5.90 Å². The van der Waals surface area contributed by atoms with Gasteiger partial charge in [0.15, 0.2) is 0 Å². The van der Waals surface area contributed by atoms with Crippen LogP contribution in [-0.4, -0.2) is 36.5 Å². The van der Waals surface area contributed by atoms with Crippen LogP contribution in [0.15, 0.2) is 68.9 Å². The molecule has 5 nitrogen and oxygen atoms in total. The minimum atomic E-state index is -0.448. The van der Waals surface area contributed by atoms with E-state index >= 15 is 0 Å². The zero-order chi connectivity index (χ0) is 19.3. The molecule has 1 heterocycles. The maximum Gasteiger partial charge on any atom is 0.217 e. The number of hydrogen-bond donors (Lipinski definition) is 0. The van der Waals surface area contributed by atoms with Crippen LogP contribution in [0.1, 0.15) is 34.1 Å². The maximum atomic E-state index is 14.4. The Hall–Kier alpha value is -2.34. The van der Waals surface area contributed by atoms with Gasteiger partial charge in [0, 0.05) is 23.7 Å². The Morgan fingerprint density at radius 2 is 2.23 bits per heavy atom. The van der Waals surface area contributed by atoms with Crippen molar-refractivity contribution in [2.75, 3.05) is 19.7 Å². The van der Waals surface area contributed by atoms with E-state index in [0.717, 1.165) is 12.1 Å². The lowest BCUT2D eigenvalue weighted by Crippen LogP contribution is -2.35. The lowest BCUT2D eigenvalue weighted by molar-refractivity contribution is 0.174. The van der Waals surface area contributed by atoms with Crippen LogP contribution < -0.4 is 0 Å². The zero-order valence-electron chi connectivity index (χ0n) is 15.9. The minimum absolute atomic E-state index is 0.154. The number of nitroso groups, excluding NO2 is 1. The molecule has 1 fully saturated rings. The van der Waals surface area contributed by atoms with E-state index in [-0.39, 0.29) is 17.4 Å². The summed E-state index contributed by atoms with van der Waals surface area (Å²) in [5.74, 6) is -0.109. The molecular weight excluding hydrogens is 333 g/mol. The van der Waals surface area contributed by atoms with Crippen LogP contribution in [0, 0.1) is 4.91 Å². The van der Waals surface area contributed by atoms with Crippen LogP contribution in [0.3, 0.4) is 0 Å². The molecule has 2 aliphatic rings. The van der Waals surface area contributed by atoms with Gasteiger partial charge in [-0.25, -0.2) is 9.38 Å². The molecule has 0 saturated carbocycles. The van der Waals surface area contributed by atoms with Crippen LogP contribution >= 0.6 is 0 Å². The van der Waals surface area contributed by atoms with Crippen LogP contribution in [0.5, 0.6) is 0 Å². The second kappa shape index (κ2) is 8.85. The third kappa shape index (κ3) is 4.64. The molecule has 140 valence electrons. The number of ether oxygens (including phenoxy) is 1. The third-order valence-electron chi connectivity index (χ3n) is 4.55. The smallest absolute Gasteiger partial charge is 0.217 e. The molecule has 0 bridgehead atoms. The van der Waals surface area contributed by atoms with Gasteiger partial charge in [-0.05, 0) is 51.1 Å². The summed E-state index contributed by atoms with van der Waals surface area (Å²) in [5, 5.41) is 2.98. The second-order valence-corrected chi connectivity index (χ2v) is 6.59. The van der Waals surface area contributed by atoms with Gasteiger partial charge in [0.05, 0.1) is 0 Å². The van der Waals surface area contributed by atoms with Gasteiger partial charge < -0.3 is 4.74 Å². The summed E-state index contributed by atoms with van der Waals surface area (Å²) in [6, 6.07) is 0.220. The fourth-order valence-electron chi connectivity index (χ4n) is 2.95. The summed E-state index contributed by atoms with van der Waals surface area (Å²) in [7, 11) is 0. The van der Waals surface area contributed by atoms with Crippen molar-refractivity contribution in [2.24, 2.45) is 10.2 Å². The number of likely N-dealkylation sites (N-methyl/N-ethyl adjacent to an activating group) is 1. The van der Waals surface area contributed by atoms with Gasteiger partial charge in [-0.2, -0.15) is 0 Å². The maximum absolute atomic E-state index is 14.4. The molecule has 1 aliphatic carbocycles. The summed E-state index contributed by atoms with van der Waals surface area (Å²) in [5.41, 5.74) is 2.55. The second-order valence-electron chi connectivity index (χ2n) is 6.59. The number of halogens is 1. The SMILES string of the molecule is C=C1CN(CC)C(C)COC1=N/C(C1=C(C)CC=CC(N=O)=C1)=C(\C)F. The average Bonchev–Trinajstić information content (AvgIpc) is 2.87. The van der Waals surface area contributed by atoms with Crippen molar-refractivity contribution in [3.63, 3.8) is 0 Å². The van der Waals surface area contributed by atoms with Crippen molar-refractivity contribution in [3.8, 4) is 0 Å². The monoisotopic (exact) mass is 359 g/mol. The molecule has 2 rings (SSSR count). The van der Waals surface area contributed by atoms with Crippen molar-refractivity contribution in [1.29, 1.82) is 0 Å². The summed E-state index contributed by atoms with van der Waals surface area (Å²) in [6.45, 7) is 13.4. The summed E-state index contributed by atoms with van der Waals surface area (Å²) in [4.78, 5) is 17.7. The van der Waals surface area contributed by atoms with E-state index in [1.54, 1.807) is 12.2 Å². The lowest BCUT2D eigenvalue weighted by atomic mass is 10.0. The summed E-state index contributed by atoms with van der Waals surface area (Å²) < 4.78 is 20.2. The Morgan fingerprint density at radius 1 is 1.50 bits per heavy atom. The van der Waals surface area contributed by atoms with Gasteiger partial charge >= 0.3 is 0 Å². The molecule has 1 aliphatic heterocycles. The minimum Gasteiger partial charge on any atom is -0.476 e. The number of hydrogen-bond acceptors (Lipinski definition) is 5. The molecule has 6 heteroatoms. The molecule has 0 aromatic rings. The topological polar surface area (TPSA) is 54.3 Å². The number of nitrogens with zero attached hydrogens (tertiary/aromatic N) is 3. The van der Waals surface area contributed by atoms with E-state index in [1.165, 1.54) is 6.92 Å². The standard InChI is InChI=1S/C20H26FN3O2/c1-6-24-11-14(3)20(26-12-15(24)4)22-19(16(5)21)18-10-17(23-25)9-7-8-13(18)2/h7,9-10,15H,3,6,8,11-12H2,1-2,4-5H3/b19-16+,22-20?. The molecule has 0 aromatic heterocycles. The molecule has 0 aromatic carbocycles. The van der Waals surface area contributed by atoms with Gasteiger partial charge in [-0.15, -0.1) is 4.91 Å². The van der Waals surface area contributed by atoms with Crippen LogP contribution in [-0.2, 0) is 4.74 Å². The van der Waals surface area contributed by atoms with Crippen LogP contribution in [0.25, 0.3) is 0 Å². The van der Waals surface area contributed by atoms with Crippen LogP contribution in [0.4, 0.5) is 4.39 Å². The Balaban J connectivity index is 2.46. The van der Waals surface area contributed by atoms with E-state index in [1.807, 2.05) is 13.0 Å². The van der Waals surface area contributed by atoms with Crippen LogP contribution in [0.2, 0.25) is 0 Å². The van der Waals surface area contributed by atoms with E-state index in [4.69, 9.17) is 4.74 Å². The summed E-state index contributed by atoms with van der Waals surface area (Å²) in [6.07, 6.45) is 5.61. The van der Waals surface area contributed by atoms with Crippen molar-refractivity contribution < 1.29 is 9.13 Å². The fourth-order valence-corrected chi connectivity index (χ4v) is 2.95. The largest absolute Gasteiger partial charge is 0.476 e. The predicted octanol–water partition coefficient (Wildman–Crippen LogP) is 4.81. The first-order valence-electron chi connectivity index (χ1n) is 8.79. The highest BCUT2D eigenvalue weighted by Crippen LogP contribution is 2.29. The zero-order valence-corrected chi connectivity index (χ0v) is 15.9. The molecule has 0 amide bonds. The van der Waals surface area contributed by atoms with E-state index < -0.39 is 5.83 Å². The Morgan fingerprint density at radius 3 is 2.85 bits per heavy atom. The first-order valence-corrected chi connectivity index (χ1v) is 8.79. The highest BCUT2D eigenvalue weighted by atomic mass is 19.1. The molecule has 0 radical (unpaired) electrons. The Labute approximate surface area is 154 Å². The fraction of sp³-hybridized carbons (Fsp3) is 0.450. The first kappa shape index (κ1) is 20.0. The predicted molar refractivity (Wildman–Crippen MR) is 103 cm³/mol. The van der Waals surface area contributed by atoms with Gasteiger partial charge in [0.1, 0.15) is 23.8 Å². The van der Waals surface area contributed by atoms with Gasteiger partial charge in [0.25, 0.3) is 0 Å². The Kier molecular flexibility index (Phi) is 6.80. The molecule has 26 heavy (non-hydrogen) atoms. The van der Waals surface area contributed by atoms with Crippen molar-refractivity contribution in [3.05, 3.63) is 63.7 Å². The van der Waals surface area contributed by atoms with Crippen molar-refractivity contribution >= 4 is 5.90 Å². The van der Waals surface area contributed by atoms with Crippen molar-refractivity contribution in [2.45, 2.75) is 40.2 Å². The van der Waals surface area contributed by atoms with Gasteiger partial charge in [-0.3, -0.25) is 4.90 Å². The molecule has 1 saturated heterocycles. The quantitative estimate of drug-likeness (QED) is 0.677. The highest BCUT2D eigenvalue weighted by molar-refractivity contribution is 5.94. The normalized spacial score (nSPS) is 24.7. The van der Waals surface area contributed by atoms with E-state index in [0.29, 0.717) is 36.6 Å². The molecule has 0 N–H and O–H groups in total. The number of aliphatic imine (C=N–C) groups is 1. The number of allylic oxidation sites excluding steroid dienone is 5. The van der Waals surface area contributed by atoms with E-state index in [2.05, 4.69) is 35.5 Å². The number of rotatable bonds is 4. The molecule has 0 spiro atoms. The highest BCUT2D eigenvalue weighted by Gasteiger charge is 2.23. The molecule has 1 atom stereocenters. The third-order valence-corrected chi connectivity index (χ3v) is 4.55. The van der Waals surface area contributed by atoms with Crippen molar-refractivity contribution in [1.82, 2.24) is 4.90 Å². The summed E-state index contributed by atoms with van der Waals surface area (Å²) >= 11 is 0. The molecular formula is C20H26FN3O2. The molecule has 1 unspecified atom stereocenters. The van der Waals surface area contributed by atoms with E-state index in [9.17, 15) is 9.30 Å².